The van der Waals surface area contributed by atoms with Crippen LogP contribution in [0.3, 0.4) is 0 Å². The molecule has 236 valence electrons. The van der Waals surface area contributed by atoms with Crippen molar-refractivity contribution in [1.82, 2.24) is 24.3 Å². The van der Waals surface area contributed by atoms with Gasteiger partial charge in [0, 0.05) is 51.0 Å². The van der Waals surface area contributed by atoms with E-state index in [4.69, 9.17) is 11.5 Å². The fourth-order valence-corrected chi connectivity index (χ4v) is 5.68. The Bertz CT molecular complexity index is 1360. The van der Waals surface area contributed by atoms with Crippen LogP contribution in [0.15, 0.2) is 35.3 Å². The van der Waals surface area contributed by atoms with Crippen LogP contribution in [-0.2, 0) is 17.5 Å². The van der Waals surface area contributed by atoms with Crippen LogP contribution in [0, 0.1) is 0 Å². The van der Waals surface area contributed by atoms with E-state index in [2.05, 4.69) is 15.2 Å². The summed E-state index contributed by atoms with van der Waals surface area (Å²) in [5, 5.41) is 2.55. The van der Waals surface area contributed by atoms with Gasteiger partial charge in [0.15, 0.2) is 0 Å². The third kappa shape index (κ3) is 7.92. The maximum Gasteiger partial charge on any atom is 0.416 e. The number of alkyl halides is 3. The Balaban J connectivity index is 1.46. The van der Waals surface area contributed by atoms with Crippen molar-refractivity contribution in [3.8, 4) is 5.69 Å². The second-order valence-corrected chi connectivity index (χ2v) is 11.9. The molecule has 43 heavy (non-hydrogen) atoms. The number of urea groups is 1. The highest BCUT2D eigenvalue weighted by atomic mass is 19.4. The Morgan fingerprint density at radius 1 is 1.05 bits per heavy atom. The highest BCUT2D eigenvalue weighted by molar-refractivity contribution is 5.89. The van der Waals surface area contributed by atoms with Crippen molar-refractivity contribution < 1.29 is 22.8 Å². The van der Waals surface area contributed by atoms with Gasteiger partial charge in [0.2, 0.25) is 5.91 Å². The van der Waals surface area contributed by atoms with Gasteiger partial charge in [0.25, 0.3) is 0 Å². The number of piperazine rings is 1. The van der Waals surface area contributed by atoms with E-state index in [1.807, 2.05) is 6.92 Å². The molecule has 1 aromatic carbocycles. The summed E-state index contributed by atoms with van der Waals surface area (Å²) < 4.78 is 43.6. The summed E-state index contributed by atoms with van der Waals surface area (Å²) >= 11 is 0. The average molecular weight is 607 g/mol. The van der Waals surface area contributed by atoms with Gasteiger partial charge in [-0.25, -0.2) is 9.59 Å². The fraction of sp³-hybridized carbons (Fsp3) is 0.586. The lowest BCUT2D eigenvalue weighted by Gasteiger charge is -2.37. The number of hydrogen-bond donors (Lipinski definition) is 3. The fourth-order valence-electron chi connectivity index (χ4n) is 5.68. The molecule has 0 unspecified atom stereocenters. The molecule has 4 rings (SSSR count). The number of halogens is 3. The number of anilines is 1. The van der Waals surface area contributed by atoms with E-state index in [1.165, 1.54) is 29.3 Å². The third-order valence-electron chi connectivity index (χ3n) is 8.16. The highest BCUT2D eigenvalue weighted by Gasteiger charge is 2.35. The number of nitrogens with one attached hydrogen (secondary N) is 1. The minimum Gasteiger partial charge on any atom is -0.338 e. The van der Waals surface area contributed by atoms with E-state index in [1.54, 1.807) is 18.7 Å². The van der Waals surface area contributed by atoms with E-state index in [-0.39, 0.29) is 54.7 Å². The van der Waals surface area contributed by atoms with Gasteiger partial charge in [-0.15, -0.1) is 0 Å². The van der Waals surface area contributed by atoms with Gasteiger partial charge in [0.1, 0.15) is 5.82 Å². The molecule has 3 amide bonds. The lowest BCUT2D eigenvalue weighted by molar-refractivity contribution is -0.138. The summed E-state index contributed by atoms with van der Waals surface area (Å²) in [5.41, 5.74) is 9.38. The Morgan fingerprint density at radius 2 is 1.67 bits per heavy atom. The van der Waals surface area contributed by atoms with Gasteiger partial charge < -0.3 is 21.3 Å². The predicted molar refractivity (Wildman–Crippen MR) is 157 cm³/mol. The Kier molecular flexibility index (Phi) is 9.82. The molecule has 1 aliphatic heterocycles. The maximum absolute atomic E-state index is 14.2. The predicted octanol–water partition coefficient (Wildman–Crippen LogP) is 2.76. The summed E-state index contributed by atoms with van der Waals surface area (Å²) in [4.78, 5) is 47.0. The molecule has 11 nitrogen and oxygen atoms in total. The number of amides is 3. The first kappa shape index (κ1) is 32.4. The second kappa shape index (κ2) is 13.0. The Labute approximate surface area is 249 Å². The van der Waals surface area contributed by atoms with Crippen molar-refractivity contribution in [1.29, 1.82) is 0 Å². The minimum absolute atomic E-state index is 0.0155. The summed E-state index contributed by atoms with van der Waals surface area (Å²) in [6.45, 7) is 7.07. The van der Waals surface area contributed by atoms with Gasteiger partial charge in [-0.05, 0) is 69.8 Å². The molecule has 1 saturated heterocycles. The summed E-state index contributed by atoms with van der Waals surface area (Å²) in [6.07, 6.45) is 0.0532. The molecular formula is C29H41F3N8O3. The lowest BCUT2D eigenvalue weighted by atomic mass is 9.90. The number of rotatable bonds is 7. The number of aromatic nitrogens is 2. The Hall–Kier alpha value is -3.49. The standard InChI is InChI=1S/C29H41F3N8O3/c1-4-37(21-9-6-20(33)7-10-21)18-19-5-8-22(17-23(19)29(30,31)32)40-12-11-24(36-27(40)43)35-26(42)39-15-13-38(14-16-39)25(41)28(2,3)34/h5,8,11-12,17,20-21H,4,6-7,9-10,13-16,18,33-34H2,1-3H3,(H,35,36,42,43). The largest absolute Gasteiger partial charge is 0.416 e. The monoisotopic (exact) mass is 606 g/mol. The van der Waals surface area contributed by atoms with Crippen LogP contribution in [0.4, 0.5) is 23.8 Å². The minimum atomic E-state index is -4.63. The molecule has 5 N–H and O–H groups in total. The van der Waals surface area contributed by atoms with E-state index in [9.17, 15) is 27.6 Å². The van der Waals surface area contributed by atoms with Crippen molar-refractivity contribution in [3.63, 3.8) is 0 Å². The van der Waals surface area contributed by atoms with Crippen LogP contribution in [0.25, 0.3) is 5.69 Å². The quantitative estimate of drug-likeness (QED) is 0.440. The SMILES string of the molecule is CCN(Cc1ccc(-n2ccc(NC(=O)N3CCN(C(=O)C(C)(C)N)CC3)nc2=O)cc1C(F)(F)F)C1CCC(N)CC1. The third-order valence-corrected chi connectivity index (χ3v) is 8.16. The van der Waals surface area contributed by atoms with Gasteiger partial charge in [-0.1, -0.05) is 13.0 Å². The van der Waals surface area contributed by atoms with E-state index in [0.717, 1.165) is 36.3 Å². The van der Waals surface area contributed by atoms with Crippen molar-refractivity contribution in [2.75, 3.05) is 38.0 Å². The average Bonchev–Trinajstić information content (AvgIpc) is 2.95. The van der Waals surface area contributed by atoms with Gasteiger partial charge in [-0.3, -0.25) is 19.6 Å². The molecule has 0 atom stereocenters. The molecule has 2 fully saturated rings. The Morgan fingerprint density at radius 3 is 2.23 bits per heavy atom. The van der Waals surface area contributed by atoms with Crippen molar-refractivity contribution in [2.24, 2.45) is 11.5 Å². The van der Waals surface area contributed by atoms with Crippen LogP contribution >= 0.6 is 0 Å². The zero-order valence-corrected chi connectivity index (χ0v) is 24.9. The molecular weight excluding hydrogens is 565 g/mol. The van der Waals surface area contributed by atoms with Crippen molar-refractivity contribution >= 4 is 17.8 Å². The smallest absolute Gasteiger partial charge is 0.338 e. The van der Waals surface area contributed by atoms with Crippen LogP contribution < -0.4 is 22.5 Å². The van der Waals surface area contributed by atoms with Gasteiger partial charge in [0.05, 0.1) is 16.8 Å². The first-order valence-electron chi connectivity index (χ1n) is 14.6. The number of benzene rings is 1. The van der Waals surface area contributed by atoms with Gasteiger partial charge in [-0.2, -0.15) is 18.2 Å². The van der Waals surface area contributed by atoms with Gasteiger partial charge >= 0.3 is 17.9 Å². The normalized spacial score (nSPS) is 19.9. The molecule has 1 saturated carbocycles. The topological polar surface area (TPSA) is 143 Å². The second-order valence-electron chi connectivity index (χ2n) is 11.9. The lowest BCUT2D eigenvalue weighted by Crippen LogP contribution is -2.58. The summed E-state index contributed by atoms with van der Waals surface area (Å²) in [7, 11) is 0. The number of carbonyl (C=O) groups excluding carboxylic acids is 2. The molecule has 0 spiro atoms. The molecule has 1 aliphatic carbocycles. The van der Waals surface area contributed by atoms with Crippen LogP contribution in [0.2, 0.25) is 0 Å². The first-order valence-corrected chi connectivity index (χ1v) is 14.6. The molecule has 2 aliphatic rings. The van der Waals surface area contributed by atoms with E-state index >= 15 is 0 Å². The molecule has 0 bridgehead atoms. The number of nitrogens with two attached hydrogens (primary N) is 2. The zero-order chi connectivity index (χ0) is 31.5. The number of hydrogen-bond acceptors (Lipinski definition) is 7. The zero-order valence-electron chi connectivity index (χ0n) is 24.9. The first-order chi connectivity index (χ1) is 20.2. The highest BCUT2D eigenvalue weighted by Crippen LogP contribution is 2.35. The molecule has 1 aromatic heterocycles. The van der Waals surface area contributed by atoms with Crippen LogP contribution in [0.1, 0.15) is 57.6 Å². The summed E-state index contributed by atoms with van der Waals surface area (Å²) in [6, 6.07) is 5.00. The molecule has 0 radical (unpaired) electrons. The maximum atomic E-state index is 14.2. The van der Waals surface area contributed by atoms with E-state index < -0.39 is 29.0 Å². The van der Waals surface area contributed by atoms with Crippen molar-refractivity contribution in [3.05, 3.63) is 52.1 Å². The summed E-state index contributed by atoms with van der Waals surface area (Å²) in [5.74, 6) is -0.247. The number of nitrogens with zero attached hydrogens (tertiary/aromatic N) is 5. The molecule has 14 heteroatoms. The molecule has 2 heterocycles. The number of carbonyl (C=O) groups is 2. The van der Waals surface area contributed by atoms with Crippen LogP contribution in [-0.4, -0.2) is 86.5 Å². The van der Waals surface area contributed by atoms with Crippen molar-refractivity contribution in [2.45, 2.75) is 76.8 Å². The van der Waals surface area contributed by atoms with E-state index in [0.29, 0.717) is 19.6 Å². The molecule has 2 aromatic rings. The van der Waals surface area contributed by atoms with Crippen LogP contribution in [0.5, 0.6) is 0 Å².